The Morgan fingerprint density at radius 3 is 2.45 bits per heavy atom. The van der Waals surface area contributed by atoms with E-state index in [1.807, 2.05) is 6.92 Å². The maximum absolute atomic E-state index is 12.9. The number of nitrogens with one attached hydrogen (secondary N) is 2. The highest BCUT2D eigenvalue weighted by atomic mass is 19.4. The molecule has 0 bridgehead atoms. The van der Waals surface area contributed by atoms with Gasteiger partial charge in [0.25, 0.3) is 0 Å². The lowest BCUT2D eigenvalue weighted by molar-refractivity contribution is -0.154. The Kier molecular flexibility index (Phi) is 8.05. The summed E-state index contributed by atoms with van der Waals surface area (Å²) in [5, 5.41) is 6.15. The molecule has 0 radical (unpaired) electrons. The number of hydrogen-bond acceptors (Lipinski definition) is 4. The van der Waals surface area contributed by atoms with Gasteiger partial charge in [-0.15, -0.1) is 0 Å². The second-order valence-electron chi connectivity index (χ2n) is 6.10. The first kappa shape index (κ1) is 22.3. The lowest BCUT2D eigenvalue weighted by Gasteiger charge is -2.18. The number of hydrogen-bond donors (Lipinski definition) is 2. The van der Waals surface area contributed by atoms with E-state index in [1.165, 1.54) is 24.4 Å². The number of ether oxygens (including phenoxy) is 2. The molecule has 0 aliphatic carbocycles. The van der Waals surface area contributed by atoms with Gasteiger partial charge in [0.2, 0.25) is 5.88 Å². The highest BCUT2D eigenvalue weighted by molar-refractivity contribution is 5.79. The van der Waals surface area contributed by atoms with Crippen molar-refractivity contribution in [3.8, 4) is 11.6 Å². The minimum atomic E-state index is -4.41. The molecule has 1 aromatic carbocycles. The zero-order chi connectivity index (χ0) is 21.3. The predicted octanol–water partition coefficient (Wildman–Crippen LogP) is 3.29. The van der Waals surface area contributed by atoms with Gasteiger partial charge in [0.15, 0.2) is 12.6 Å². The summed E-state index contributed by atoms with van der Waals surface area (Å²) in [5.74, 6) is 0.641. The first-order chi connectivity index (χ1) is 13.7. The number of nitrogens with zero attached hydrogens (tertiary/aromatic N) is 2. The summed E-state index contributed by atoms with van der Waals surface area (Å²) in [7, 11) is 1.60. The number of aromatic nitrogens is 1. The molecule has 1 atom stereocenters. The molecule has 10 heteroatoms. The fourth-order valence-corrected chi connectivity index (χ4v) is 2.19. The van der Waals surface area contributed by atoms with Crippen molar-refractivity contribution in [3.63, 3.8) is 0 Å². The summed E-state index contributed by atoms with van der Waals surface area (Å²) in [6, 6.07) is 8.73. The van der Waals surface area contributed by atoms with Crippen molar-refractivity contribution in [1.29, 1.82) is 0 Å². The van der Waals surface area contributed by atoms with Crippen LogP contribution in [-0.2, 0) is 6.54 Å². The van der Waals surface area contributed by atoms with Crippen LogP contribution in [0, 0.1) is 5.82 Å². The monoisotopic (exact) mass is 414 g/mol. The summed E-state index contributed by atoms with van der Waals surface area (Å²) in [6.45, 7) is 1.28. The largest absolute Gasteiger partial charge is 0.489 e. The molecule has 0 aliphatic heterocycles. The molecule has 2 rings (SSSR count). The van der Waals surface area contributed by atoms with Crippen molar-refractivity contribution in [2.24, 2.45) is 4.99 Å². The summed E-state index contributed by atoms with van der Waals surface area (Å²) >= 11 is 0. The first-order valence-corrected chi connectivity index (χ1v) is 8.76. The van der Waals surface area contributed by atoms with Crippen molar-refractivity contribution >= 4 is 5.96 Å². The molecule has 158 valence electrons. The minimum Gasteiger partial charge on any atom is -0.489 e. The SMILES string of the molecule is CN=C(NCc1ccc(OCC(F)(F)F)nc1)NCC(C)Oc1ccc(F)cc1. The van der Waals surface area contributed by atoms with Gasteiger partial charge in [0.1, 0.15) is 17.7 Å². The Labute approximate surface area is 166 Å². The van der Waals surface area contributed by atoms with E-state index < -0.39 is 12.8 Å². The maximum atomic E-state index is 12.9. The number of pyridine rings is 1. The van der Waals surface area contributed by atoms with E-state index in [0.717, 1.165) is 5.56 Å². The quantitative estimate of drug-likeness (QED) is 0.394. The van der Waals surface area contributed by atoms with Crippen LogP contribution < -0.4 is 20.1 Å². The zero-order valence-electron chi connectivity index (χ0n) is 16.0. The lowest BCUT2D eigenvalue weighted by atomic mass is 10.3. The van der Waals surface area contributed by atoms with Crippen LogP contribution in [0.5, 0.6) is 11.6 Å². The van der Waals surface area contributed by atoms with Crippen LogP contribution in [0.15, 0.2) is 47.6 Å². The molecular weight excluding hydrogens is 392 g/mol. The van der Waals surface area contributed by atoms with Crippen molar-refractivity contribution in [2.75, 3.05) is 20.2 Å². The van der Waals surface area contributed by atoms with E-state index in [4.69, 9.17) is 4.74 Å². The lowest BCUT2D eigenvalue weighted by Crippen LogP contribution is -2.41. The van der Waals surface area contributed by atoms with Crippen LogP contribution in [0.1, 0.15) is 12.5 Å². The Morgan fingerprint density at radius 1 is 1.14 bits per heavy atom. The Balaban J connectivity index is 1.74. The molecule has 0 saturated heterocycles. The highest BCUT2D eigenvalue weighted by Gasteiger charge is 2.28. The van der Waals surface area contributed by atoms with Gasteiger partial charge in [0.05, 0.1) is 6.54 Å². The normalized spacial score (nSPS) is 13.0. The molecule has 2 aromatic rings. The third-order valence-corrected chi connectivity index (χ3v) is 3.57. The van der Waals surface area contributed by atoms with Crippen molar-refractivity contribution < 1.29 is 27.0 Å². The maximum Gasteiger partial charge on any atom is 0.422 e. The van der Waals surface area contributed by atoms with Gasteiger partial charge in [0, 0.05) is 25.9 Å². The van der Waals surface area contributed by atoms with E-state index in [9.17, 15) is 17.6 Å². The number of alkyl halides is 3. The third kappa shape index (κ3) is 8.67. The van der Waals surface area contributed by atoms with E-state index in [0.29, 0.717) is 24.8 Å². The van der Waals surface area contributed by atoms with Crippen LogP contribution in [0.25, 0.3) is 0 Å². The smallest absolute Gasteiger partial charge is 0.422 e. The van der Waals surface area contributed by atoms with Crippen LogP contribution in [0.2, 0.25) is 0 Å². The summed E-state index contributed by atoms with van der Waals surface area (Å²) < 4.78 is 59.5. The molecule has 0 spiro atoms. The van der Waals surface area contributed by atoms with Gasteiger partial charge >= 0.3 is 6.18 Å². The number of guanidine groups is 1. The van der Waals surface area contributed by atoms with Gasteiger partial charge in [-0.2, -0.15) is 13.2 Å². The number of aliphatic imine (C=N–C) groups is 1. The van der Waals surface area contributed by atoms with Crippen LogP contribution in [0.3, 0.4) is 0 Å². The molecule has 2 N–H and O–H groups in total. The predicted molar refractivity (Wildman–Crippen MR) is 100 cm³/mol. The molecule has 1 aromatic heterocycles. The van der Waals surface area contributed by atoms with Gasteiger partial charge in [-0.05, 0) is 36.8 Å². The van der Waals surface area contributed by atoms with Gasteiger partial charge in [-0.1, -0.05) is 6.07 Å². The molecule has 1 unspecified atom stereocenters. The third-order valence-electron chi connectivity index (χ3n) is 3.57. The average Bonchev–Trinajstić information content (AvgIpc) is 2.68. The topological polar surface area (TPSA) is 67.8 Å². The standard InChI is InChI=1S/C19H22F4N4O2/c1-13(29-16-6-4-15(20)5-7-16)9-26-18(24-2)27-11-14-3-8-17(25-10-14)28-12-19(21,22)23/h3-8,10,13H,9,11-12H2,1-2H3,(H2,24,26,27). The second-order valence-corrected chi connectivity index (χ2v) is 6.10. The fourth-order valence-electron chi connectivity index (χ4n) is 2.19. The van der Waals surface area contributed by atoms with Crippen LogP contribution >= 0.6 is 0 Å². The van der Waals surface area contributed by atoms with Crippen LogP contribution in [-0.4, -0.2) is 43.4 Å². The zero-order valence-corrected chi connectivity index (χ0v) is 16.0. The molecule has 0 aliphatic rings. The van der Waals surface area contributed by atoms with Crippen molar-refractivity contribution in [3.05, 3.63) is 54.0 Å². The average molecular weight is 414 g/mol. The molecule has 0 amide bonds. The molecular formula is C19H22F4N4O2. The number of halogens is 4. The van der Waals surface area contributed by atoms with E-state index in [-0.39, 0.29) is 17.8 Å². The van der Waals surface area contributed by atoms with Crippen LogP contribution in [0.4, 0.5) is 17.6 Å². The van der Waals surface area contributed by atoms with Crippen molar-refractivity contribution in [2.45, 2.75) is 25.7 Å². The van der Waals surface area contributed by atoms with Gasteiger partial charge in [-0.25, -0.2) is 9.37 Å². The van der Waals surface area contributed by atoms with Gasteiger partial charge in [-0.3, -0.25) is 4.99 Å². The highest BCUT2D eigenvalue weighted by Crippen LogP contribution is 2.17. The van der Waals surface area contributed by atoms with E-state index in [2.05, 4.69) is 25.3 Å². The second kappa shape index (κ2) is 10.5. The number of rotatable bonds is 8. The Bertz CT molecular complexity index is 780. The minimum absolute atomic E-state index is 0.0969. The molecule has 0 saturated carbocycles. The molecule has 6 nitrogen and oxygen atoms in total. The molecule has 1 heterocycles. The summed E-state index contributed by atoms with van der Waals surface area (Å²) in [6.07, 6.45) is -3.19. The van der Waals surface area contributed by atoms with E-state index >= 15 is 0 Å². The van der Waals surface area contributed by atoms with E-state index in [1.54, 1.807) is 25.2 Å². The number of benzene rings is 1. The Hall–Kier alpha value is -3.04. The Morgan fingerprint density at radius 2 is 1.86 bits per heavy atom. The molecule has 0 fully saturated rings. The summed E-state index contributed by atoms with van der Waals surface area (Å²) in [4.78, 5) is 7.93. The van der Waals surface area contributed by atoms with Crippen molar-refractivity contribution in [1.82, 2.24) is 15.6 Å². The van der Waals surface area contributed by atoms with Gasteiger partial charge < -0.3 is 20.1 Å². The molecule has 29 heavy (non-hydrogen) atoms. The summed E-state index contributed by atoms with van der Waals surface area (Å²) in [5.41, 5.74) is 0.739. The first-order valence-electron chi connectivity index (χ1n) is 8.76. The fraction of sp³-hybridized carbons (Fsp3) is 0.368.